The number of ketones is 1. The molecule has 0 saturated heterocycles. The Kier molecular flexibility index (Phi) is 2.83. The van der Waals surface area contributed by atoms with Crippen LogP contribution in [-0.4, -0.2) is 5.78 Å². The Morgan fingerprint density at radius 3 is 2.61 bits per heavy atom. The lowest BCUT2D eigenvalue weighted by molar-refractivity contribution is 0.0971. The number of aryl methyl sites for hydroxylation is 2. The van der Waals surface area contributed by atoms with E-state index in [-0.39, 0.29) is 0 Å². The maximum absolute atomic E-state index is 12.0. The van der Waals surface area contributed by atoms with Crippen molar-refractivity contribution in [3.05, 3.63) is 46.3 Å². The minimum absolute atomic E-state index is 0.315. The van der Waals surface area contributed by atoms with Gasteiger partial charge in [0, 0.05) is 10.8 Å². The zero-order valence-corrected chi connectivity index (χ0v) is 11.5. The van der Waals surface area contributed by atoms with E-state index in [0.29, 0.717) is 11.7 Å². The number of hydrogen-bond donors (Lipinski definition) is 0. The Hall–Kier alpha value is -1.41. The largest absolute Gasteiger partial charge is 0.293 e. The van der Waals surface area contributed by atoms with E-state index in [1.165, 1.54) is 21.6 Å². The van der Waals surface area contributed by atoms with Gasteiger partial charge in [0.1, 0.15) is 0 Å². The molecule has 0 radical (unpaired) electrons. The van der Waals surface area contributed by atoms with Crippen molar-refractivity contribution in [2.45, 2.75) is 26.7 Å². The van der Waals surface area contributed by atoms with E-state index in [9.17, 15) is 4.79 Å². The third kappa shape index (κ3) is 2.13. The molecule has 3 rings (SSSR count). The number of Topliss-reactive ketones (excluding diaryl/α,β-unsaturated/α-hetero) is 1. The number of carbonyl (C=O) groups excluding carboxylic acids is 1. The SMILES string of the molecule is Cc1ccc(-c2ccc(C(=O)C3CC3)s2)c(C)c1. The van der Waals surface area contributed by atoms with Crippen LogP contribution >= 0.6 is 11.3 Å². The number of benzene rings is 1. The normalized spacial score (nSPS) is 14.8. The van der Waals surface area contributed by atoms with Crippen molar-refractivity contribution >= 4 is 17.1 Å². The lowest BCUT2D eigenvalue weighted by Gasteiger charge is -2.04. The Balaban J connectivity index is 1.94. The van der Waals surface area contributed by atoms with Crippen molar-refractivity contribution in [2.75, 3.05) is 0 Å². The van der Waals surface area contributed by atoms with Gasteiger partial charge in [-0.1, -0.05) is 23.8 Å². The van der Waals surface area contributed by atoms with Crippen LogP contribution in [-0.2, 0) is 0 Å². The third-order valence-corrected chi connectivity index (χ3v) is 4.58. The molecule has 92 valence electrons. The summed E-state index contributed by atoms with van der Waals surface area (Å²) in [5.74, 6) is 0.659. The second-order valence-corrected chi connectivity index (χ2v) is 6.20. The van der Waals surface area contributed by atoms with Gasteiger partial charge in [0.2, 0.25) is 0 Å². The summed E-state index contributed by atoms with van der Waals surface area (Å²) in [6, 6.07) is 10.5. The minimum Gasteiger partial charge on any atom is -0.293 e. The van der Waals surface area contributed by atoms with Crippen molar-refractivity contribution in [3.8, 4) is 10.4 Å². The first-order valence-corrected chi connectivity index (χ1v) is 7.18. The van der Waals surface area contributed by atoms with Crippen LogP contribution in [0, 0.1) is 19.8 Å². The second-order valence-electron chi connectivity index (χ2n) is 5.12. The molecule has 18 heavy (non-hydrogen) atoms. The van der Waals surface area contributed by atoms with Gasteiger partial charge in [0.15, 0.2) is 5.78 Å². The van der Waals surface area contributed by atoms with Gasteiger partial charge in [-0.25, -0.2) is 0 Å². The number of carbonyl (C=O) groups is 1. The van der Waals surface area contributed by atoms with Gasteiger partial charge in [-0.3, -0.25) is 4.79 Å². The fourth-order valence-electron chi connectivity index (χ4n) is 2.25. The molecule has 0 aliphatic heterocycles. The molecule has 2 aromatic rings. The van der Waals surface area contributed by atoms with Crippen molar-refractivity contribution in [1.29, 1.82) is 0 Å². The van der Waals surface area contributed by atoms with Crippen LogP contribution in [0.15, 0.2) is 30.3 Å². The molecule has 0 bridgehead atoms. The minimum atomic E-state index is 0.315. The van der Waals surface area contributed by atoms with Crippen molar-refractivity contribution in [1.82, 2.24) is 0 Å². The fourth-order valence-corrected chi connectivity index (χ4v) is 3.37. The second kappa shape index (κ2) is 4.36. The first-order chi connectivity index (χ1) is 8.65. The Morgan fingerprint density at radius 2 is 1.94 bits per heavy atom. The zero-order valence-electron chi connectivity index (χ0n) is 10.7. The van der Waals surface area contributed by atoms with Crippen LogP contribution in [0.2, 0.25) is 0 Å². The van der Waals surface area contributed by atoms with Crippen LogP contribution in [0.5, 0.6) is 0 Å². The molecule has 0 spiro atoms. The first kappa shape index (κ1) is 11.7. The van der Waals surface area contributed by atoms with Crippen LogP contribution in [0.1, 0.15) is 33.6 Å². The van der Waals surface area contributed by atoms with E-state index in [4.69, 9.17) is 0 Å². The summed E-state index contributed by atoms with van der Waals surface area (Å²) >= 11 is 1.63. The number of hydrogen-bond acceptors (Lipinski definition) is 2. The average Bonchev–Trinajstić information content (AvgIpc) is 3.07. The molecular weight excluding hydrogens is 240 g/mol. The van der Waals surface area contributed by atoms with Gasteiger partial charge >= 0.3 is 0 Å². The lowest BCUT2D eigenvalue weighted by Crippen LogP contribution is -1.96. The van der Waals surface area contributed by atoms with E-state index >= 15 is 0 Å². The predicted octanol–water partition coefficient (Wildman–Crippen LogP) is 4.62. The monoisotopic (exact) mass is 256 g/mol. The molecule has 2 heteroatoms. The fraction of sp³-hybridized carbons (Fsp3) is 0.312. The smallest absolute Gasteiger partial charge is 0.175 e. The quantitative estimate of drug-likeness (QED) is 0.732. The summed E-state index contributed by atoms with van der Waals surface area (Å²) in [4.78, 5) is 14.1. The van der Waals surface area contributed by atoms with Gasteiger partial charge in [-0.15, -0.1) is 11.3 Å². The molecule has 1 aromatic heterocycles. The van der Waals surface area contributed by atoms with E-state index in [1.54, 1.807) is 11.3 Å². The molecule has 1 aromatic carbocycles. The average molecular weight is 256 g/mol. The van der Waals surface area contributed by atoms with E-state index < -0.39 is 0 Å². The lowest BCUT2D eigenvalue weighted by atomic mass is 10.0. The summed E-state index contributed by atoms with van der Waals surface area (Å²) < 4.78 is 0. The molecule has 1 aliphatic rings. The van der Waals surface area contributed by atoms with Crippen LogP contribution in [0.4, 0.5) is 0 Å². The molecule has 0 amide bonds. The van der Waals surface area contributed by atoms with Crippen molar-refractivity contribution in [3.63, 3.8) is 0 Å². The topological polar surface area (TPSA) is 17.1 Å². The van der Waals surface area contributed by atoms with Crippen LogP contribution < -0.4 is 0 Å². The summed E-state index contributed by atoms with van der Waals surface area (Å²) in [5, 5.41) is 0. The van der Waals surface area contributed by atoms with E-state index in [1.807, 2.05) is 6.07 Å². The highest BCUT2D eigenvalue weighted by Crippen LogP contribution is 2.37. The number of rotatable bonds is 3. The molecule has 1 saturated carbocycles. The number of thiophene rings is 1. The van der Waals surface area contributed by atoms with Gasteiger partial charge in [0.25, 0.3) is 0 Å². The summed E-state index contributed by atoms with van der Waals surface area (Å²) in [6.45, 7) is 4.23. The molecule has 1 nitrogen and oxygen atoms in total. The highest BCUT2D eigenvalue weighted by Gasteiger charge is 2.31. The Morgan fingerprint density at radius 1 is 1.17 bits per heavy atom. The van der Waals surface area contributed by atoms with Gasteiger partial charge in [0.05, 0.1) is 4.88 Å². The molecule has 0 atom stereocenters. The van der Waals surface area contributed by atoms with Gasteiger partial charge in [-0.2, -0.15) is 0 Å². The maximum Gasteiger partial charge on any atom is 0.175 e. The maximum atomic E-state index is 12.0. The van der Waals surface area contributed by atoms with Gasteiger partial charge < -0.3 is 0 Å². The molecule has 1 fully saturated rings. The molecule has 1 aliphatic carbocycles. The highest BCUT2D eigenvalue weighted by atomic mass is 32.1. The molecule has 0 N–H and O–H groups in total. The Labute approximate surface area is 111 Å². The van der Waals surface area contributed by atoms with Crippen molar-refractivity contribution < 1.29 is 4.79 Å². The predicted molar refractivity (Wildman–Crippen MR) is 76.3 cm³/mol. The first-order valence-electron chi connectivity index (χ1n) is 6.37. The molecule has 1 heterocycles. The third-order valence-electron chi connectivity index (χ3n) is 3.44. The van der Waals surface area contributed by atoms with E-state index in [0.717, 1.165) is 17.7 Å². The summed E-state index contributed by atoms with van der Waals surface area (Å²) in [5.41, 5.74) is 3.81. The van der Waals surface area contributed by atoms with Gasteiger partial charge in [-0.05, 0) is 49.9 Å². The summed E-state index contributed by atoms with van der Waals surface area (Å²) in [6.07, 6.45) is 2.16. The van der Waals surface area contributed by atoms with Crippen LogP contribution in [0.25, 0.3) is 10.4 Å². The molecular formula is C16H16OS. The van der Waals surface area contributed by atoms with Crippen molar-refractivity contribution in [2.24, 2.45) is 5.92 Å². The zero-order chi connectivity index (χ0) is 12.7. The summed E-state index contributed by atoms with van der Waals surface area (Å²) in [7, 11) is 0. The molecule has 0 unspecified atom stereocenters. The Bertz CT molecular complexity index is 605. The highest BCUT2D eigenvalue weighted by molar-refractivity contribution is 7.17. The standard InChI is InChI=1S/C16H16OS/c1-10-3-6-13(11(2)9-10)14-7-8-15(18-14)16(17)12-4-5-12/h3,6-9,12H,4-5H2,1-2H3. The van der Waals surface area contributed by atoms with E-state index in [2.05, 4.69) is 38.1 Å². The van der Waals surface area contributed by atoms with Crippen LogP contribution in [0.3, 0.4) is 0 Å².